The van der Waals surface area contributed by atoms with Crippen molar-refractivity contribution in [2.24, 2.45) is 4.99 Å². The second kappa shape index (κ2) is 5.46. The van der Waals surface area contributed by atoms with E-state index in [2.05, 4.69) is 9.71 Å². The Bertz CT molecular complexity index is 870. The van der Waals surface area contributed by atoms with E-state index in [1.807, 2.05) is 13.0 Å². The zero-order valence-corrected chi connectivity index (χ0v) is 13.0. The van der Waals surface area contributed by atoms with Crippen molar-refractivity contribution in [3.8, 4) is 0 Å². The van der Waals surface area contributed by atoms with E-state index < -0.39 is 15.8 Å². The third-order valence-electron chi connectivity index (χ3n) is 3.14. The Labute approximate surface area is 132 Å². The Kier molecular flexibility index (Phi) is 3.76. The van der Waals surface area contributed by atoms with Crippen molar-refractivity contribution < 1.29 is 12.8 Å². The molecule has 1 aliphatic carbocycles. The van der Waals surface area contributed by atoms with E-state index in [0.29, 0.717) is 6.04 Å². The molecule has 0 aromatic heterocycles. The Morgan fingerprint density at radius 3 is 2.73 bits per heavy atom. The first-order valence-electron chi connectivity index (χ1n) is 6.37. The van der Waals surface area contributed by atoms with Gasteiger partial charge < -0.3 is 0 Å². The van der Waals surface area contributed by atoms with Gasteiger partial charge in [0.1, 0.15) is 5.82 Å². The molecule has 0 saturated carbocycles. The van der Waals surface area contributed by atoms with Crippen LogP contribution in [-0.4, -0.2) is 14.1 Å². The first kappa shape index (κ1) is 15.1. The van der Waals surface area contributed by atoms with E-state index in [1.165, 1.54) is 0 Å². The number of halogens is 2. The zero-order chi connectivity index (χ0) is 15.9. The molecule has 0 bridgehead atoms. The quantitative estimate of drug-likeness (QED) is 0.921. The molecule has 1 aromatic rings. The highest BCUT2D eigenvalue weighted by Crippen LogP contribution is 2.25. The Morgan fingerprint density at radius 2 is 2.00 bits per heavy atom. The maximum absolute atomic E-state index is 13.1. The molecule has 7 heteroatoms. The maximum Gasteiger partial charge on any atom is 0.241 e. The SMILES string of the molecule is CC1=CC2=C[C](NS(=O)(=O)c3ccc(F)c(Cl)c3)C=CC2=N1. The van der Waals surface area contributed by atoms with Crippen molar-refractivity contribution >= 4 is 27.3 Å². The van der Waals surface area contributed by atoms with Crippen LogP contribution in [0.2, 0.25) is 5.02 Å². The lowest BCUT2D eigenvalue weighted by Crippen LogP contribution is -2.28. The first-order valence-corrected chi connectivity index (χ1v) is 8.23. The lowest BCUT2D eigenvalue weighted by Gasteiger charge is -2.15. The van der Waals surface area contributed by atoms with E-state index in [1.54, 1.807) is 18.2 Å². The average molecular weight is 338 g/mol. The minimum Gasteiger partial charge on any atom is -0.253 e. The Hall–Kier alpha value is -1.76. The van der Waals surface area contributed by atoms with Gasteiger partial charge in [-0.2, -0.15) is 4.72 Å². The summed E-state index contributed by atoms with van der Waals surface area (Å²) in [4.78, 5) is 4.19. The fourth-order valence-corrected chi connectivity index (χ4v) is 3.46. The molecular weight excluding hydrogens is 327 g/mol. The predicted molar refractivity (Wildman–Crippen MR) is 83.4 cm³/mol. The van der Waals surface area contributed by atoms with E-state index in [-0.39, 0.29) is 9.92 Å². The third kappa shape index (κ3) is 2.90. The molecule has 0 spiro atoms. The van der Waals surface area contributed by atoms with Crippen molar-refractivity contribution in [1.29, 1.82) is 0 Å². The predicted octanol–water partition coefficient (Wildman–Crippen LogP) is 3.14. The highest BCUT2D eigenvalue weighted by atomic mass is 35.5. The van der Waals surface area contributed by atoms with Gasteiger partial charge in [0.15, 0.2) is 0 Å². The fourth-order valence-electron chi connectivity index (χ4n) is 2.14. The van der Waals surface area contributed by atoms with Crippen molar-refractivity contribution in [2.45, 2.75) is 11.8 Å². The smallest absolute Gasteiger partial charge is 0.241 e. The van der Waals surface area contributed by atoms with Gasteiger partial charge in [0.2, 0.25) is 10.0 Å². The number of nitrogens with one attached hydrogen (secondary N) is 1. The first-order chi connectivity index (χ1) is 10.3. The molecule has 113 valence electrons. The van der Waals surface area contributed by atoms with E-state index in [4.69, 9.17) is 11.6 Å². The third-order valence-corrected chi connectivity index (χ3v) is 4.81. The van der Waals surface area contributed by atoms with Crippen molar-refractivity contribution in [3.63, 3.8) is 0 Å². The Balaban J connectivity index is 1.85. The van der Waals surface area contributed by atoms with Crippen LogP contribution in [-0.2, 0) is 10.0 Å². The van der Waals surface area contributed by atoms with Crippen LogP contribution in [0.1, 0.15) is 6.92 Å². The molecule has 0 saturated heterocycles. The lowest BCUT2D eigenvalue weighted by atomic mass is 10.0. The highest BCUT2D eigenvalue weighted by Gasteiger charge is 2.23. The number of rotatable bonds is 3. The van der Waals surface area contributed by atoms with Crippen LogP contribution in [0, 0.1) is 11.9 Å². The van der Waals surface area contributed by atoms with Gasteiger partial charge in [-0.3, -0.25) is 4.99 Å². The topological polar surface area (TPSA) is 58.5 Å². The second-order valence-corrected chi connectivity index (χ2v) is 6.94. The van der Waals surface area contributed by atoms with Crippen LogP contribution in [0.4, 0.5) is 4.39 Å². The summed E-state index contributed by atoms with van der Waals surface area (Å²) in [6.07, 6.45) is 6.91. The number of hydrogen-bond donors (Lipinski definition) is 1. The molecule has 0 unspecified atom stereocenters. The number of allylic oxidation sites excluding steroid dienone is 4. The van der Waals surface area contributed by atoms with Gasteiger partial charge in [0, 0.05) is 11.3 Å². The van der Waals surface area contributed by atoms with Crippen LogP contribution < -0.4 is 4.72 Å². The molecule has 0 atom stereocenters. The molecule has 1 aromatic carbocycles. The van der Waals surface area contributed by atoms with Crippen LogP contribution in [0.3, 0.4) is 0 Å². The number of fused-ring (bicyclic) bond motifs is 1. The van der Waals surface area contributed by atoms with Crippen molar-refractivity contribution in [1.82, 2.24) is 4.72 Å². The normalized spacial score (nSPS) is 17.9. The van der Waals surface area contributed by atoms with E-state index in [9.17, 15) is 12.8 Å². The van der Waals surface area contributed by atoms with Gasteiger partial charge in [-0.15, -0.1) is 0 Å². The standard InChI is InChI=1S/C15H11ClFN2O2S/c1-9-6-10-7-11(2-5-15(10)18-9)19-22(20,21)12-3-4-14(17)13(16)8-12/h2-8,19H,1H3. The van der Waals surface area contributed by atoms with Gasteiger partial charge in [-0.25, -0.2) is 12.8 Å². The zero-order valence-electron chi connectivity index (χ0n) is 11.5. The average Bonchev–Trinajstić information content (AvgIpc) is 2.80. The summed E-state index contributed by atoms with van der Waals surface area (Å²) in [5, 5.41) is -0.241. The summed E-state index contributed by atoms with van der Waals surface area (Å²) < 4.78 is 40.2. The molecule has 1 heterocycles. The molecule has 0 fully saturated rings. The fraction of sp³-hybridized carbons (Fsp3) is 0.0667. The van der Waals surface area contributed by atoms with Gasteiger partial charge >= 0.3 is 0 Å². The minimum atomic E-state index is -3.84. The van der Waals surface area contributed by atoms with Crippen LogP contribution in [0.15, 0.2) is 63.7 Å². The monoisotopic (exact) mass is 337 g/mol. The number of sulfonamides is 1. The van der Waals surface area contributed by atoms with Gasteiger partial charge in [0.05, 0.1) is 21.7 Å². The highest BCUT2D eigenvalue weighted by molar-refractivity contribution is 7.89. The Morgan fingerprint density at radius 1 is 1.23 bits per heavy atom. The number of aliphatic imine (C=N–C) groups is 1. The van der Waals surface area contributed by atoms with E-state index in [0.717, 1.165) is 35.2 Å². The summed E-state index contributed by atoms with van der Waals surface area (Å²) in [6.45, 7) is 1.87. The molecular formula is C15H11ClFN2O2S. The van der Waals surface area contributed by atoms with E-state index >= 15 is 0 Å². The largest absolute Gasteiger partial charge is 0.253 e. The molecule has 22 heavy (non-hydrogen) atoms. The van der Waals surface area contributed by atoms with Crippen LogP contribution >= 0.6 is 11.6 Å². The summed E-state index contributed by atoms with van der Waals surface area (Å²) in [7, 11) is -3.84. The summed E-state index contributed by atoms with van der Waals surface area (Å²) >= 11 is 5.63. The van der Waals surface area contributed by atoms with Crippen molar-refractivity contribution in [2.75, 3.05) is 0 Å². The number of nitrogens with zero attached hydrogens (tertiary/aromatic N) is 1. The molecule has 1 radical (unpaired) electrons. The van der Waals surface area contributed by atoms with Crippen LogP contribution in [0.5, 0.6) is 0 Å². The number of hydrogen-bond acceptors (Lipinski definition) is 3. The maximum atomic E-state index is 13.1. The lowest BCUT2D eigenvalue weighted by molar-refractivity contribution is 0.585. The van der Waals surface area contributed by atoms with Gasteiger partial charge in [-0.05, 0) is 43.4 Å². The molecule has 1 aliphatic heterocycles. The van der Waals surface area contributed by atoms with Gasteiger partial charge in [-0.1, -0.05) is 17.7 Å². The summed E-state index contributed by atoms with van der Waals surface area (Å²) in [6, 6.07) is 3.66. The summed E-state index contributed by atoms with van der Waals surface area (Å²) in [5.74, 6) is -0.666. The molecule has 4 nitrogen and oxygen atoms in total. The minimum absolute atomic E-state index is 0.101. The van der Waals surface area contributed by atoms with Crippen molar-refractivity contribution in [3.05, 3.63) is 70.7 Å². The van der Waals surface area contributed by atoms with Gasteiger partial charge in [0.25, 0.3) is 0 Å². The molecule has 0 amide bonds. The van der Waals surface area contributed by atoms with Crippen LogP contribution in [0.25, 0.3) is 0 Å². The summed E-state index contributed by atoms with van der Waals surface area (Å²) in [5.41, 5.74) is 2.50. The molecule has 1 N–H and O–H groups in total. The molecule has 3 rings (SSSR count). The number of benzene rings is 1. The molecule has 2 aliphatic rings. The second-order valence-electron chi connectivity index (χ2n) is 4.85.